The van der Waals surface area contributed by atoms with E-state index in [1.165, 1.54) is 0 Å². The molecule has 1 aromatic rings. The van der Waals surface area contributed by atoms with Gasteiger partial charge in [-0.05, 0) is 36.9 Å². The first-order valence-electron chi connectivity index (χ1n) is 5.86. The van der Waals surface area contributed by atoms with Crippen LogP contribution < -0.4 is 11.1 Å². The second-order valence-electron chi connectivity index (χ2n) is 4.50. The Morgan fingerprint density at radius 3 is 2.81 bits per heavy atom. The predicted octanol–water partition coefficient (Wildman–Crippen LogP) is 1.12. The minimum Gasteiger partial charge on any atom is -0.468 e. The van der Waals surface area contributed by atoms with Gasteiger partial charge in [0.1, 0.15) is 5.76 Å². The van der Waals surface area contributed by atoms with Crippen molar-refractivity contribution >= 4 is 0 Å². The van der Waals surface area contributed by atoms with E-state index in [9.17, 15) is 0 Å². The maximum absolute atomic E-state index is 5.88. The van der Waals surface area contributed by atoms with E-state index in [2.05, 4.69) is 5.32 Å². The van der Waals surface area contributed by atoms with Crippen molar-refractivity contribution in [2.24, 2.45) is 11.1 Å². The zero-order chi connectivity index (χ0) is 11.3. The smallest absolute Gasteiger partial charge is 0.117 e. The molecule has 2 heterocycles. The van der Waals surface area contributed by atoms with Gasteiger partial charge in [0.05, 0.1) is 12.8 Å². The van der Waals surface area contributed by atoms with Crippen LogP contribution in [0.15, 0.2) is 22.8 Å². The van der Waals surface area contributed by atoms with Gasteiger partial charge in [0.25, 0.3) is 0 Å². The van der Waals surface area contributed by atoms with Gasteiger partial charge < -0.3 is 20.2 Å². The monoisotopic (exact) mass is 224 g/mol. The van der Waals surface area contributed by atoms with Crippen molar-refractivity contribution in [2.75, 3.05) is 26.3 Å². The van der Waals surface area contributed by atoms with Crippen molar-refractivity contribution in [3.8, 4) is 0 Å². The lowest BCUT2D eigenvalue weighted by Gasteiger charge is -2.36. The van der Waals surface area contributed by atoms with Crippen LogP contribution in [0.3, 0.4) is 0 Å². The van der Waals surface area contributed by atoms with Gasteiger partial charge in [-0.15, -0.1) is 0 Å². The molecule has 1 saturated heterocycles. The molecule has 1 aliphatic heterocycles. The van der Waals surface area contributed by atoms with Crippen molar-refractivity contribution in [2.45, 2.75) is 19.4 Å². The Hall–Kier alpha value is -0.840. The van der Waals surface area contributed by atoms with Gasteiger partial charge in [-0.2, -0.15) is 0 Å². The predicted molar refractivity (Wildman–Crippen MR) is 62.0 cm³/mol. The molecule has 0 spiro atoms. The summed E-state index contributed by atoms with van der Waals surface area (Å²) in [7, 11) is 0. The van der Waals surface area contributed by atoms with Crippen LogP contribution in [0.25, 0.3) is 0 Å². The number of hydrogen-bond acceptors (Lipinski definition) is 4. The molecule has 0 unspecified atom stereocenters. The number of rotatable bonds is 5. The van der Waals surface area contributed by atoms with Gasteiger partial charge in [-0.3, -0.25) is 0 Å². The van der Waals surface area contributed by atoms with E-state index in [4.69, 9.17) is 14.9 Å². The third-order valence-electron chi connectivity index (χ3n) is 3.37. The van der Waals surface area contributed by atoms with Crippen LogP contribution in [0, 0.1) is 5.41 Å². The number of nitrogens with one attached hydrogen (secondary N) is 1. The van der Waals surface area contributed by atoms with E-state index in [-0.39, 0.29) is 5.41 Å². The maximum atomic E-state index is 5.88. The molecule has 0 atom stereocenters. The molecule has 0 aliphatic carbocycles. The molecule has 0 radical (unpaired) electrons. The average Bonchev–Trinajstić information content (AvgIpc) is 2.83. The first kappa shape index (κ1) is 11.6. The molecule has 1 fully saturated rings. The van der Waals surface area contributed by atoms with Crippen molar-refractivity contribution < 1.29 is 9.15 Å². The summed E-state index contributed by atoms with van der Waals surface area (Å²) in [4.78, 5) is 0. The maximum Gasteiger partial charge on any atom is 0.117 e. The summed E-state index contributed by atoms with van der Waals surface area (Å²) in [6.45, 7) is 4.10. The van der Waals surface area contributed by atoms with E-state index in [1.54, 1.807) is 6.26 Å². The molecule has 0 saturated carbocycles. The van der Waals surface area contributed by atoms with Crippen LogP contribution in [-0.4, -0.2) is 26.3 Å². The normalized spacial score (nSPS) is 19.8. The third kappa shape index (κ3) is 2.84. The van der Waals surface area contributed by atoms with Crippen molar-refractivity contribution in [3.63, 3.8) is 0 Å². The topological polar surface area (TPSA) is 60.4 Å². The molecule has 0 bridgehead atoms. The summed E-state index contributed by atoms with van der Waals surface area (Å²) in [5.74, 6) is 0.972. The van der Waals surface area contributed by atoms with Gasteiger partial charge in [0, 0.05) is 19.8 Å². The highest BCUT2D eigenvalue weighted by atomic mass is 16.5. The molecule has 4 heteroatoms. The fourth-order valence-electron chi connectivity index (χ4n) is 2.12. The first-order valence-corrected chi connectivity index (χ1v) is 5.86. The quantitative estimate of drug-likeness (QED) is 0.787. The zero-order valence-corrected chi connectivity index (χ0v) is 9.58. The lowest BCUT2D eigenvalue weighted by atomic mass is 9.80. The molecule has 16 heavy (non-hydrogen) atoms. The van der Waals surface area contributed by atoms with Crippen LogP contribution in [0.1, 0.15) is 18.6 Å². The number of furan rings is 1. The summed E-state index contributed by atoms with van der Waals surface area (Å²) in [5, 5.41) is 3.42. The second-order valence-corrected chi connectivity index (χ2v) is 4.50. The Labute approximate surface area is 96.1 Å². The van der Waals surface area contributed by atoms with E-state index in [0.29, 0.717) is 0 Å². The van der Waals surface area contributed by atoms with Gasteiger partial charge in [0.15, 0.2) is 0 Å². The molecular formula is C12H20N2O2. The third-order valence-corrected chi connectivity index (χ3v) is 3.37. The Kier molecular flexibility index (Phi) is 3.98. The molecule has 1 aliphatic rings. The van der Waals surface area contributed by atoms with Crippen LogP contribution in [0.5, 0.6) is 0 Å². The minimum absolute atomic E-state index is 0.213. The number of ether oxygens (including phenoxy) is 1. The van der Waals surface area contributed by atoms with Crippen LogP contribution in [0.2, 0.25) is 0 Å². The first-order chi connectivity index (χ1) is 7.85. The van der Waals surface area contributed by atoms with Gasteiger partial charge in [-0.25, -0.2) is 0 Å². The molecule has 1 aromatic heterocycles. The van der Waals surface area contributed by atoms with E-state index in [1.807, 2.05) is 12.1 Å². The van der Waals surface area contributed by atoms with E-state index in [0.717, 1.165) is 51.4 Å². The number of hydrogen-bond donors (Lipinski definition) is 2. The van der Waals surface area contributed by atoms with Crippen LogP contribution in [-0.2, 0) is 11.3 Å². The molecular weight excluding hydrogens is 204 g/mol. The summed E-state index contributed by atoms with van der Waals surface area (Å²) >= 11 is 0. The molecule has 4 nitrogen and oxygen atoms in total. The highest BCUT2D eigenvalue weighted by Gasteiger charge is 2.30. The largest absolute Gasteiger partial charge is 0.468 e. The van der Waals surface area contributed by atoms with Crippen molar-refractivity contribution in [1.82, 2.24) is 5.32 Å². The lowest BCUT2D eigenvalue weighted by molar-refractivity contribution is 0.0189. The van der Waals surface area contributed by atoms with Crippen LogP contribution >= 0.6 is 0 Å². The Morgan fingerprint density at radius 2 is 2.19 bits per heavy atom. The summed E-state index contributed by atoms with van der Waals surface area (Å²) < 4.78 is 10.6. The zero-order valence-electron chi connectivity index (χ0n) is 9.58. The lowest BCUT2D eigenvalue weighted by Crippen LogP contribution is -2.44. The molecule has 90 valence electrons. The summed E-state index contributed by atoms with van der Waals surface area (Å²) in [6, 6.07) is 3.89. The van der Waals surface area contributed by atoms with Gasteiger partial charge in [-0.1, -0.05) is 0 Å². The fraction of sp³-hybridized carbons (Fsp3) is 0.667. The van der Waals surface area contributed by atoms with Gasteiger partial charge in [0.2, 0.25) is 0 Å². The Bertz CT molecular complexity index is 292. The van der Waals surface area contributed by atoms with Crippen LogP contribution in [0.4, 0.5) is 0 Å². The highest BCUT2D eigenvalue weighted by Crippen LogP contribution is 2.28. The fourth-order valence-corrected chi connectivity index (χ4v) is 2.12. The summed E-state index contributed by atoms with van der Waals surface area (Å²) in [5.41, 5.74) is 6.09. The SMILES string of the molecule is NCC1(CNCc2ccco2)CCOCC1. The second kappa shape index (κ2) is 5.48. The molecule has 2 rings (SSSR count). The Morgan fingerprint density at radius 1 is 1.38 bits per heavy atom. The molecule has 3 N–H and O–H groups in total. The van der Waals surface area contributed by atoms with E-state index < -0.39 is 0 Å². The summed E-state index contributed by atoms with van der Waals surface area (Å²) in [6.07, 6.45) is 3.80. The van der Waals surface area contributed by atoms with Gasteiger partial charge >= 0.3 is 0 Å². The standard InChI is InChI=1S/C12H20N2O2/c13-9-12(3-6-15-7-4-12)10-14-8-11-2-1-5-16-11/h1-2,5,14H,3-4,6-10,13H2. The highest BCUT2D eigenvalue weighted by molar-refractivity contribution is 4.98. The molecule has 0 aromatic carbocycles. The minimum atomic E-state index is 0.213. The van der Waals surface area contributed by atoms with Crippen molar-refractivity contribution in [3.05, 3.63) is 24.2 Å². The Balaban J connectivity index is 1.78. The van der Waals surface area contributed by atoms with Crippen molar-refractivity contribution in [1.29, 1.82) is 0 Å². The number of nitrogens with two attached hydrogens (primary N) is 1. The molecule has 0 amide bonds. The average molecular weight is 224 g/mol. The van der Waals surface area contributed by atoms with E-state index >= 15 is 0 Å².